The smallest absolute Gasteiger partial charge is 0.315 e. The standard InChI is InChI=1S/C13H24N6O/c1-3-18-6-5-11(9-18)7-14-13(20)15-8-12-17-16-10-19(12)4-2/h10-11H,3-9H2,1-2H3,(H2,14,15,20)/t11-/m1/s1. The molecule has 20 heavy (non-hydrogen) atoms. The van der Waals surface area contributed by atoms with Gasteiger partial charge in [-0.2, -0.15) is 0 Å². The number of hydrogen-bond acceptors (Lipinski definition) is 4. The van der Waals surface area contributed by atoms with Crippen LogP contribution in [0.2, 0.25) is 0 Å². The molecule has 1 saturated heterocycles. The van der Waals surface area contributed by atoms with Crippen molar-refractivity contribution in [3.05, 3.63) is 12.2 Å². The van der Waals surface area contributed by atoms with Gasteiger partial charge in [-0.15, -0.1) is 10.2 Å². The van der Waals surface area contributed by atoms with Crippen LogP contribution in [0.5, 0.6) is 0 Å². The van der Waals surface area contributed by atoms with E-state index in [1.807, 2.05) is 11.5 Å². The highest BCUT2D eigenvalue weighted by Gasteiger charge is 2.21. The quantitative estimate of drug-likeness (QED) is 0.793. The van der Waals surface area contributed by atoms with Crippen molar-refractivity contribution < 1.29 is 4.79 Å². The predicted molar refractivity (Wildman–Crippen MR) is 76.2 cm³/mol. The van der Waals surface area contributed by atoms with E-state index in [4.69, 9.17) is 0 Å². The van der Waals surface area contributed by atoms with Crippen LogP contribution in [0.15, 0.2) is 6.33 Å². The van der Waals surface area contributed by atoms with Gasteiger partial charge in [0.15, 0.2) is 5.82 Å². The molecule has 2 N–H and O–H groups in total. The maximum Gasteiger partial charge on any atom is 0.315 e. The van der Waals surface area contributed by atoms with E-state index in [9.17, 15) is 4.79 Å². The van der Waals surface area contributed by atoms with Gasteiger partial charge < -0.3 is 20.1 Å². The first-order chi connectivity index (χ1) is 9.72. The summed E-state index contributed by atoms with van der Waals surface area (Å²) < 4.78 is 1.91. The molecule has 1 aliphatic heterocycles. The van der Waals surface area contributed by atoms with E-state index in [0.29, 0.717) is 12.5 Å². The van der Waals surface area contributed by atoms with E-state index in [1.165, 1.54) is 0 Å². The summed E-state index contributed by atoms with van der Waals surface area (Å²) in [4.78, 5) is 14.2. The molecular formula is C13H24N6O. The van der Waals surface area contributed by atoms with E-state index in [0.717, 1.165) is 45.0 Å². The van der Waals surface area contributed by atoms with Crippen LogP contribution >= 0.6 is 0 Å². The Morgan fingerprint density at radius 2 is 2.25 bits per heavy atom. The lowest BCUT2D eigenvalue weighted by Gasteiger charge is -2.14. The van der Waals surface area contributed by atoms with Crippen molar-refractivity contribution >= 4 is 6.03 Å². The first kappa shape index (κ1) is 14.8. The van der Waals surface area contributed by atoms with Crippen molar-refractivity contribution in [2.75, 3.05) is 26.2 Å². The molecule has 1 aromatic heterocycles. The zero-order chi connectivity index (χ0) is 14.4. The lowest BCUT2D eigenvalue weighted by Crippen LogP contribution is -2.38. The Labute approximate surface area is 119 Å². The van der Waals surface area contributed by atoms with E-state index in [2.05, 4.69) is 32.7 Å². The minimum Gasteiger partial charge on any atom is -0.338 e. The Bertz CT molecular complexity index is 432. The fourth-order valence-corrected chi connectivity index (χ4v) is 2.51. The molecule has 0 radical (unpaired) electrons. The minimum atomic E-state index is -0.134. The number of aryl methyl sites for hydroxylation is 1. The molecule has 112 valence electrons. The summed E-state index contributed by atoms with van der Waals surface area (Å²) in [5.74, 6) is 1.35. The molecule has 1 aliphatic rings. The van der Waals surface area contributed by atoms with E-state index in [-0.39, 0.29) is 6.03 Å². The van der Waals surface area contributed by atoms with Crippen molar-refractivity contribution in [1.29, 1.82) is 0 Å². The first-order valence-electron chi connectivity index (χ1n) is 7.33. The summed E-state index contributed by atoms with van der Waals surface area (Å²) in [6.45, 7) is 9.47. The normalized spacial score (nSPS) is 19.2. The lowest BCUT2D eigenvalue weighted by atomic mass is 10.1. The summed E-state index contributed by atoms with van der Waals surface area (Å²) in [6, 6.07) is -0.134. The zero-order valence-corrected chi connectivity index (χ0v) is 12.3. The first-order valence-corrected chi connectivity index (χ1v) is 7.33. The van der Waals surface area contributed by atoms with E-state index >= 15 is 0 Å². The summed E-state index contributed by atoms with van der Waals surface area (Å²) in [5, 5.41) is 13.6. The molecular weight excluding hydrogens is 256 g/mol. The van der Waals surface area contributed by atoms with Crippen LogP contribution in [0.4, 0.5) is 4.79 Å². The number of aromatic nitrogens is 3. The van der Waals surface area contributed by atoms with Crippen LogP contribution in [-0.4, -0.2) is 51.9 Å². The topological polar surface area (TPSA) is 75.1 Å². The molecule has 0 saturated carbocycles. The highest BCUT2D eigenvalue weighted by molar-refractivity contribution is 5.73. The predicted octanol–water partition coefficient (Wildman–Crippen LogP) is 0.439. The molecule has 0 aromatic carbocycles. The van der Waals surface area contributed by atoms with Gasteiger partial charge in [0.05, 0.1) is 6.54 Å². The SMILES string of the molecule is CCN1CC[C@H](CNC(=O)NCc2nncn2CC)C1. The molecule has 1 atom stereocenters. The van der Waals surface area contributed by atoms with Crippen LogP contribution in [0.3, 0.4) is 0 Å². The Kier molecular flexibility index (Phi) is 5.34. The molecule has 7 heteroatoms. The fourth-order valence-electron chi connectivity index (χ4n) is 2.51. The zero-order valence-electron chi connectivity index (χ0n) is 12.3. The van der Waals surface area contributed by atoms with Crippen molar-refractivity contribution in [1.82, 2.24) is 30.3 Å². The fraction of sp³-hybridized carbons (Fsp3) is 0.769. The summed E-state index contributed by atoms with van der Waals surface area (Å²) in [7, 11) is 0. The summed E-state index contributed by atoms with van der Waals surface area (Å²) in [5.41, 5.74) is 0. The van der Waals surface area contributed by atoms with E-state index in [1.54, 1.807) is 6.33 Å². The van der Waals surface area contributed by atoms with Gasteiger partial charge in [0, 0.05) is 19.6 Å². The number of nitrogens with zero attached hydrogens (tertiary/aromatic N) is 4. The molecule has 2 amide bonds. The van der Waals surface area contributed by atoms with Crippen molar-refractivity contribution in [2.24, 2.45) is 5.92 Å². The molecule has 0 bridgehead atoms. The number of likely N-dealkylation sites (tertiary alicyclic amines) is 1. The highest BCUT2D eigenvalue weighted by Crippen LogP contribution is 2.14. The van der Waals surface area contributed by atoms with Crippen LogP contribution in [0.25, 0.3) is 0 Å². The van der Waals surface area contributed by atoms with Crippen LogP contribution < -0.4 is 10.6 Å². The highest BCUT2D eigenvalue weighted by atomic mass is 16.2. The molecule has 0 unspecified atom stereocenters. The third-order valence-corrected chi connectivity index (χ3v) is 3.81. The number of amides is 2. The number of carbonyl (C=O) groups is 1. The van der Waals surface area contributed by atoms with Crippen molar-refractivity contribution in [3.8, 4) is 0 Å². The average molecular weight is 280 g/mol. The Balaban J connectivity index is 1.66. The second kappa shape index (κ2) is 7.23. The minimum absolute atomic E-state index is 0.134. The lowest BCUT2D eigenvalue weighted by molar-refractivity contribution is 0.238. The largest absolute Gasteiger partial charge is 0.338 e. The Morgan fingerprint density at radius 3 is 2.95 bits per heavy atom. The number of urea groups is 1. The van der Waals surface area contributed by atoms with Gasteiger partial charge in [-0.1, -0.05) is 6.92 Å². The molecule has 2 rings (SSSR count). The van der Waals surface area contributed by atoms with Gasteiger partial charge in [-0.05, 0) is 32.4 Å². The van der Waals surface area contributed by atoms with Crippen LogP contribution in [0.1, 0.15) is 26.1 Å². The second-order valence-corrected chi connectivity index (χ2v) is 5.14. The van der Waals surface area contributed by atoms with Gasteiger partial charge >= 0.3 is 6.03 Å². The third kappa shape index (κ3) is 3.93. The second-order valence-electron chi connectivity index (χ2n) is 5.14. The monoisotopic (exact) mass is 280 g/mol. The molecule has 1 fully saturated rings. The van der Waals surface area contributed by atoms with Gasteiger partial charge in [0.25, 0.3) is 0 Å². The maximum atomic E-state index is 11.8. The number of hydrogen-bond donors (Lipinski definition) is 2. The third-order valence-electron chi connectivity index (χ3n) is 3.81. The van der Waals surface area contributed by atoms with Crippen molar-refractivity contribution in [2.45, 2.75) is 33.4 Å². The van der Waals surface area contributed by atoms with Gasteiger partial charge in [-0.25, -0.2) is 4.79 Å². The number of carbonyl (C=O) groups excluding carboxylic acids is 1. The van der Waals surface area contributed by atoms with E-state index < -0.39 is 0 Å². The molecule has 0 spiro atoms. The maximum absolute atomic E-state index is 11.8. The summed E-state index contributed by atoms with van der Waals surface area (Å²) >= 11 is 0. The summed E-state index contributed by atoms with van der Waals surface area (Å²) in [6.07, 6.45) is 2.84. The van der Waals surface area contributed by atoms with Gasteiger partial charge in [0.2, 0.25) is 0 Å². The van der Waals surface area contributed by atoms with Gasteiger partial charge in [-0.3, -0.25) is 0 Å². The number of rotatable bonds is 6. The molecule has 1 aromatic rings. The molecule has 0 aliphatic carbocycles. The Morgan fingerprint density at radius 1 is 1.40 bits per heavy atom. The average Bonchev–Trinajstić information content (AvgIpc) is 3.11. The molecule has 7 nitrogen and oxygen atoms in total. The van der Waals surface area contributed by atoms with Crippen LogP contribution in [0, 0.1) is 5.92 Å². The van der Waals surface area contributed by atoms with Gasteiger partial charge in [0.1, 0.15) is 6.33 Å². The molecule has 2 heterocycles. The van der Waals surface area contributed by atoms with Crippen molar-refractivity contribution in [3.63, 3.8) is 0 Å². The Hall–Kier alpha value is -1.63. The number of nitrogens with one attached hydrogen (secondary N) is 2. The van der Waals surface area contributed by atoms with Crippen LogP contribution in [-0.2, 0) is 13.1 Å².